The highest BCUT2D eigenvalue weighted by Gasteiger charge is 1.88. The van der Waals surface area contributed by atoms with Crippen molar-refractivity contribution in [3.63, 3.8) is 0 Å². The highest BCUT2D eigenvalue weighted by atomic mass is 16.5. The lowest BCUT2D eigenvalue weighted by Gasteiger charge is -1.96. The summed E-state index contributed by atoms with van der Waals surface area (Å²) >= 11 is 0. The van der Waals surface area contributed by atoms with Crippen molar-refractivity contribution in [1.82, 2.24) is 0 Å². The van der Waals surface area contributed by atoms with Crippen LogP contribution in [0, 0.1) is 11.8 Å². The normalized spacial score (nSPS) is 9.21. The zero-order valence-corrected chi connectivity index (χ0v) is 7.86. The summed E-state index contributed by atoms with van der Waals surface area (Å²) in [7, 11) is 0. The molecule has 0 bridgehead atoms. The fourth-order valence-electron chi connectivity index (χ4n) is 0.838. The van der Waals surface area contributed by atoms with Crippen LogP contribution in [0.1, 0.15) is 6.92 Å². The minimum Gasteiger partial charge on any atom is -0.465 e. The van der Waals surface area contributed by atoms with Crippen molar-refractivity contribution in [2.45, 2.75) is 6.92 Å². The van der Waals surface area contributed by atoms with Crippen LogP contribution >= 0.6 is 0 Å². The Morgan fingerprint density at radius 2 is 2.07 bits per heavy atom. The van der Waals surface area contributed by atoms with Crippen LogP contribution in [0.25, 0.3) is 0 Å². The summed E-state index contributed by atoms with van der Waals surface area (Å²) in [5.74, 6) is 5.32. The van der Waals surface area contributed by atoms with Crippen molar-refractivity contribution in [1.29, 1.82) is 0 Å². The Hall–Kier alpha value is -2.01. The van der Waals surface area contributed by atoms with Crippen LogP contribution in [0.4, 0.5) is 0 Å². The molecule has 0 atom stereocenters. The number of allylic oxidation sites excluding steroid dienone is 1. The molecule has 0 fully saturated rings. The minimum atomic E-state index is -0.261. The van der Waals surface area contributed by atoms with E-state index in [-0.39, 0.29) is 5.78 Å². The molecule has 1 rings (SSSR count). The van der Waals surface area contributed by atoms with E-state index in [2.05, 4.69) is 11.8 Å². The molecular weight excluding hydrogens is 176 g/mol. The summed E-state index contributed by atoms with van der Waals surface area (Å²) < 4.78 is 5.15. The van der Waals surface area contributed by atoms with E-state index in [1.165, 1.54) is 12.3 Å². The maximum Gasteiger partial charge on any atom is 0.231 e. The number of hydrogen-bond donors (Lipinski definition) is 0. The molecule has 0 saturated heterocycles. The van der Waals surface area contributed by atoms with Gasteiger partial charge in [-0.25, -0.2) is 0 Å². The number of carbonyl (C=O) groups excluding carboxylic acids is 1. The van der Waals surface area contributed by atoms with Gasteiger partial charge in [0, 0.05) is 6.08 Å². The molecule has 14 heavy (non-hydrogen) atoms. The van der Waals surface area contributed by atoms with Crippen molar-refractivity contribution in [3.8, 4) is 17.6 Å². The predicted molar refractivity (Wildman–Crippen MR) is 54.7 cm³/mol. The van der Waals surface area contributed by atoms with Crippen molar-refractivity contribution in [3.05, 3.63) is 42.7 Å². The van der Waals surface area contributed by atoms with Gasteiger partial charge in [-0.3, -0.25) is 4.79 Å². The number of ether oxygens (including phenoxy) is 1. The zero-order valence-electron chi connectivity index (χ0n) is 7.86. The highest BCUT2D eigenvalue weighted by molar-refractivity contribution is 6.03. The Morgan fingerprint density at radius 3 is 2.71 bits per heavy atom. The minimum absolute atomic E-state index is 0.261. The number of rotatable bonds is 3. The second kappa shape index (κ2) is 5.60. The van der Waals surface area contributed by atoms with E-state index in [9.17, 15) is 4.79 Å². The third-order valence-corrected chi connectivity index (χ3v) is 1.41. The third-order valence-electron chi connectivity index (χ3n) is 1.41. The Labute approximate surface area is 83.2 Å². The second-order valence-electron chi connectivity index (χ2n) is 2.47. The summed E-state index contributed by atoms with van der Waals surface area (Å²) in [5.41, 5.74) is 0. The van der Waals surface area contributed by atoms with Crippen molar-refractivity contribution >= 4 is 5.78 Å². The average Bonchev–Trinajstić information content (AvgIpc) is 2.20. The third kappa shape index (κ3) is 3.59. The molecule has 70 valence electrons. The molecule has 0 aliphatic carbocycles. The first-order chi connectivity index (χ1) is 6.83. The largest absolute Gasteiger partial charge is 0.465 e. The van der Waals surface area contributed by atoms with E-state index < -0.39 is 0 Å². The van der Waals surface area contributed by atoms with Gasteiger partial charge in [0.1, 0.15) is 5.75 Å². The van der Waals surface area contributed by atoms with Crippen LogP contribution in [-0.2, 0) is 4.79 Å². The second-order valence-corrected chi connectivity index (χ2v) is 2.47. The molecule has 0 aromatic heterocycles. The summed E-state index contributed by atoms with van der Waals surface area (Å²) in [6.07, 6.45) is 2.63. The van der Waals surface area contributed by atoms with E-state index in [0.717, 1.165) is 0 Å². The molecule has 0 amide bonds. The first-order valence-electron chi connectivity index (χ1n) is 4.18. The Balaban J connectivity index is 2.48. The van der Waals surface area contributed by atoms with Crippen molar-refractivity contribution < 1.29 is 9.53 Å². The van der Waals surface area contributed by atoms with Crippen LogP contribution in [0.15, 0.2) is 42.7 Å². The highest BCUT2D eigenvalue weighted by Crippen LogP contribution is 2.07. The zero-order chi connectivity index (χ0) is 10.2. The molecule has 0 aliphatic heterocycles. The van der Waals surface area contributed by atoms with Crippen LogP contribution in [0.5, 0.6) is 5.75 Å². The topological polar surface area (TPSA) is 26.3 Å². The van der Waals surface area contributed by atoms with E-state index in [1.807, 2.05) is 18.2 Å². The van der Waals surface area contributed by atoms with Gasteiger partial charge < -0.3 is 4.74 Å². The molecule has 0 saturated carbocycles. The van der Waals surface area contributed by atoms with E-state index >= 15 is 0 Å². The van der Waals surface area contributed by atoms with Crippen LogP contribution < -0.4 is 4.74 Å². The van der Waals surface area contributed by atoms with E-state index in [4.69, 9.17) is 4.74 Å². The molecule has 1 aromatic carbocycles. The molecule has 0 aliphatic rings. The van der Waals surface area contributed by atoms with Crippen LogP contribution in [-0.4, -0.2) is 5.78 Å². The Morgan fingerprint density at radius 1 is 1.36 bits per heavy atom. The summed E-state index contributed by atoms with van der Waals surface area (Å²) in [6.45, 7) is 1.61. The number of benzene rings is 1. The predicted octanol–water partition coefficient (Wildman–Crippen LogP) is 2.17. The van der Waals surface area contributed by atoms with Gasteiger partial charge in [0.15, 0.2) is 0 Å². The lowest BCUT2D eigenvalue weighted by molar-refractivity contribution is -0.109. The van der Waals surface area contributed by atoms with Gasteiger partial charge in [-0.1, -0.05) is 24.1 Å². The summed E-state index contributed by atoms with van der Waals surface area (Å²) in [5, 5.41) is 0. The van der Waals surface area contributed by atoms with Gasteiger partial charge >= 0.3 is 0 Å². The van der Waals surface area contributed by atoms with Crippen LogP contribution in [0.2, 0.25) is 0 Å². The smallest absolute Gasteiger partial charge is 0.231 e. The SMILES string of the molecule is CC#CC(=O)/C=C/Oc1ccccc1. The van der Waals surface area contributed by atoms with E-state index in [0.29, 0.717) is 5.75 Å². The van der Waals surface area contributed by atoms with Crippen molar-refractivity contribution in [2.24, 2.45) is 0 Å². The van der Waals surface area contributed by atoms with Gasteiger partial charge in [0.2, 0.25) is 5.78 Å². The van der Waals surface area contributed by atoms with Crippen LogP contribution in [0.3, 0.4) is 0 Å². The summed E-state index contributed by atoms with van der Waals surface area (Å²) in [6, 6.07) is 9.22. The van der Waals surface area contributed by atoms with Crippen molar-refractivity contribution in [2.75, 3.05) is 0 Å². The molecule has 2 nitrogen and oxygen atoms in total. The van der Waals surface area contributed by atoms with Gasteiger partial charge in [0.05, 0.1) is 6.26 Å². The van der Waals surface area contributed by atoms with Gasteiger partial charge in [-0.2, -0.15) is 0 Å². The molecule has 0 radical (unpaired) electrons. The fourth-order valence-corrected chi connectivity index (χ4v) is 0.838. The van der Waals surface area contributed by atoms with Gasteiger partial charge in [-0.05, 0) is 25.0 Å². The van der Waals surface area contributed by atoms with Gasteiger partial charge in [0.25, 0.3) is 0 Å². The summed E-state index contributed by atoms with van der Waals surface area (Å²) in [4.78, 5) is 10.9. The standard InChI is InChI=1S/C12H10O2/c1-2-6-11(13)9-10-14-12-7-4-3-5-8-12/h3-5,7-10H,1H3/b10-9+. The first kappa shape index (κ1) is 10.1. The Kier molecular flexibility index (Phi) is 4.03. The quantitative estimate of drug-likeness (QED) is 0.313. The lowest BCUT2D eigenvalue weighted by Crippen LogP contribution is -1.88. The maximum absolute atomic E-state index is 10.9. The number of carbonyl (C=O) groups is 1. The fraction of sp³-hybridized carbons (Fsp3) is 0.0833. The number of para-hydroxylation sites is 1. The molecule has 0 spiro atoms. The monoisotopic (exact) mass is 186 g/mol. The number of ketones is 1. The number of hydrogen-bond acceptors (Lipinski definition) is 2. The molecule has 0 heterocycles. The van der Waals surface area contributed by atoms with E-state index in [1.54, 1.807) is 19.1 Å². The average molecular weight is 186 g/mol. The maximum atomic E-state index is 10.9. The molecular formula is C12H10O2. The Bertz CT molecular complexity index is 380. The molecule has 0 unspecified atom stereocenters. The molecule has 1 aromatic rings. The van der Waals surface area contributed by atoms with Gasteiger partial charge in [-0.15, -0.1) is 0 Å². The lowest BCUT2D eigenvalue weighted by atomic mass is 10.3. The molecule has 2 heteroatoms. The molecule has 0 N–H and O–H groups in total. The first-order valence-corrected chi connectivity index (χ1v) is 4.18.